The summed E-state index contributed by atoms with van der Waals surface area (Å²) in [6, 6.07) is 3.19. The number of nitrogens with zero attached hydrogens (tertiary/aromatic N) is 3. The minimum atomic E-state index is -3.77. The largest absolute Gasteiger partial charge is 0.497 e. The Labute approximate surface area is 181 Å². The van der Waals surface area contributed by atoms with Crippen molar-refractivity contribution in [3.8, 4) is 11.5 Å². The third kappa shape index (κ3) is 4.55. The van der Waals surface area contributed by atoms with E-state index in [-0.39, 0.29) is 22.5 Å². The zero-order chi connectivity index (χ0) is 21.9. The maximum atomic E-state index is 12.9. The quantitative estimate of drug-likeness (QED) is 0.687. The van der Waals surface area contributed by atoms with Gasteiger partial charge in [0, 0.05) is 38.0 Å². The van der Waals surface area contributed by atoms with E-state index >= 15 is 0 Å². The zero-order valence-corrected chi connectivity index (χ0v) is 18.7. The number of ether oxygens (including phenoxy) is 2. The Balaban J connectivity index is 1.76. The molecule has 0 aliphatic carbocycles. The number of amides is 1. The molecule has 1 aromatic heterocycles. The van der Waals surface area contributed by atoms with Crippen LogP contribution in [-0.2, 0) is 21.4 Å². The molecule has 1 atom stereocenters. The summed E-state index contributed by atoms with van der Waals surface area (Å²) in [6.07, 6.45) is 4.12. The van der Waals surface area contributed by atoms with Crippen molar-refractivity contribution in [2.45, 2.75) is 31.3 Å². The second kappa shape index (κ2) is 9.23. The van der Waals surface area contributed by atoms with Crippen LogP contribution in [0.3, 0.4) is 0 Å². The van der Waals surface area contributed by atoms with Crippen LogP contribution in [0.4, 0.5) is 5.69 Å². The first kappa shape index (κ1) is 22.4. The van der Waals surface area contributed by atoms with E-state index in [1.54, 1.807) is 16.7 Å². The molecule has 0 bridgehead atoms. The van der Waals surface area contributed by atoms with E-state index in [1.165, 1.54) is 31.0 Å². The van der Waals surface area contributed by atoms with E-state index in [2.05, 4.69) is 10.3 Å². The summed E-state index contributed by atoms with van der Waals surface area (Å²) in [6.45, 7) is 2.94. The number of anilines is 1. The van der Waals surface area contributed by atoms with Crippen molar-refractivity contribution in [2.24, 2.45) is 5.92 Å². The molecule has 1 aliphatic heterocycles. The maximum Gasteiger partial charge on any atom is 0.262 e. The molecule has 0 spiro atoms. The number of imidazole rings is 1. The summed E-state index contributed by atoms with van der Waals surface area (Å²) in [5.74, 6) is 0.0124. The molecule has 2 heterocycles. The number of nitrogens with one attached hydrogen (secondary N) is 1. The third-order valence-corrected chi connectivity index (χ3v) is 7.11. The fourth-order valence-corrected chi connectivity index (χ4v) is 5.04. The van der Waals surface area contributed by atoms with Crippen molar-refractivity contribution in [3.05, 3.63) is 29.7 Å². The number of carbonyl (C=O) groups excluding carboxylic acids is 1. The number of hydrogen-bond acceptors (Lipinski definition) is 6. The van der Waals surface area contributed by atoms with Gasteiger partial charge in [-0.3, -0.25) is 4.79 Å². The van der Waals surface area contributed by atoms with Crippen LogP contribution >= 0.6 is 11.6 Å². The van der Waals surface area contributed by atoms with Gasteiger partial charge >= 0.3 is 0 Å². The molecule has 2 aromatic rings. The predicted octanol–water partition coefficient (Wildman–Crippen LogP) is 2.61. The van der Waals surface area contributed by atoms with Crippen LogP contribution < -0.4 is 14.8 Å². The molecule has 30 heavy (non-hydrogen) atoms. The van der Waals surface area contributed by atoms with Crippen molar-refractivity contribution in [1.29, 1.82) is 0 Å². The van der Waals surface area contributed by atoms with Gasteiger partial charge in [0.15, 0.2) is 5.03 Å². The maximum absolute atomic E-state index is 12.9. The Hall–Kier alpha value is -2.30. The lowest BCUT2D eigenvalue weighted by molar-refractivity contribution is -0.120. The van der Waals surface area contributed by atoms with E-state index in [0.29, 0.717) is 43.1 Å². The topological polar surface area (TPSA) is 103 Å². The summed E-state index contributed by atoms with van der Waals surface area (Å²) in [5.41, 5.74) is 0.326. The number of aromatic nitrogens is 2. The highest BCUT2D eigenvalue weighted by Gasteiger charge is 2.35. The molecular formula is C19H25ClN4O5S. The monoisotopic (exact) mass is 456 g/mol. The highest BCUT2D eigenvalue weighted by molar-refractivity contribution is 7.89. The first-order valence-corrected chi connectivity index (χ1v) is 11.4. The summed E-state index contributed by atoms with van der Waals surface area (Å²) < 4.78 is 39.3. The lowest BCUT2D eigenvalue weighted by atomic mass is 9.98. The zero-order valence-electron chi connectivity index (χ0n) is 17.1. The second-order valence-corrected chi connectivity index (χ2v) is 9.21. The number of rotatable bonds is 7. The smallest absolute Gasteiger partial charge is 0.262 e. The van der Waals surface area contributed by atoms with Gasteiger partial charge in [-0.2, -0.15) is 4.31 Å². The van der Waals surface area contributed by atoms with Gasteiger partial charge in [0.2, 0.25) is 5.91 Å². The van der Waals surface area contributed by atoms with Crippen molar-refractivity contribution in [1.82, 2.24) is 13.9 Å². The number of sulfonamides is 1. The number of hydrogen-bond donors (Lipinski definition) is 1. The number of halogens is 1. The van der Waals surface area contributed by atoms with Crippen LogP contribution in [-0.4, -0.2) is 55.5 Å². The Morgan fingerprint density at radius 2 is 2.10 bits per heavy atom. The van der Waals surface area contributed by atoms with Gasteiger partial charge in [0.1, 0.15) is 17.2 Å². The molecule has 1 N–H and O–H groups in total. The summed E-state index contributed by atoms with van der Waals surface area (Å²) >= 11 is 6.28. The average molecular weight is 457 g/mol. The van der Waals surface area contributed by atoms with Gasteiger partial charge in [0.05, 0.1) is 31.5 Å². The first-order chi connectivity index (χ1) is 14.3. The molecule has 1 aromatic carbocycles. The Morgan fingerprint density at radius 1 is 1.33 bits per heavy atom. The van der Waals surface area contributed by atoms with Gasteiger partial charge in [0.25, 0.3) is 10.0 Å². The highest BCUT2D eigenvalue weighted by atomic mass is 35.5. The van der Waals surface area contributed by atoms with Gasteiger partial charge < -0.3 is 19.4 Å². The Bertz CT molecular complexity index is 1020. The minimum Gasteiger partial charge on any atom is -0.497 e. The SMILES string of the molecule is CCn1cnc(S(=O)(=O)N2CCC[C@@H](C(=O)Nc3c(Cl)cc(OC)cc3OC)C2)c1. The van der Waals surface area contributed by atoms with Crippen molar-refractivity contribution >= 4 is 33.2 Å². The summed E-state index contributed by atoms with van der Waals surface area (Å²) in [5, 5.41) is 3.04. The lowest BCUT2D eigenvalue weighted by Crippen LogP contribution is -2.43. The van der Waals surface area contributed by atoms with E-state index in [9.17, 15) is 13.2 Å². The number of aryl methyl sites for hydroxylation is 1. The van der Waals surface area contributed by atoms with E-state index in [4.69, 9.17) is 21.1 Å². The standard InChI is InChI=1S/C19H25ClN4O5S/c1-4-23-11-17(21-12-23)30(26,27)24-7-5-6-13(10-24)19(25)22-18-15(20)8-14(28-2)9-16(18)29-3/h8-9,11-13H,4-7,10H2,1-3H3,(H,22,25)/t13-/m1/s1. The molecule has 0 radical (unpaired) electrons. The second-order valence-electron chi connectivity index (χ2n) is 6.92. The highest BCUT2D eigenvalue weighted by Crippen LogP contribution is 2.37. The van der Waals surface area contributed by atoms with Crippen LogP contribution in [0, 0.1) is 5.92 Å². The Kier molecular flexibility index (Phi) is 6.89. The molecule has 9 nitrogen and oxygen atoms in total. The Morgan fingerprint density at radius 3 is 2.73 bits per heavy atom. The molecular weight excluding hydrogens is 432 g/mol. The van der Waals surface area contributed by atoms with Crippen LogP contribution in [0.1, 0.15) is 19.8 Å². The van der Waals surface area contributed by atoms with Crippen molar-refractivity contribution in [2.75, 3.05) is 32.6 Å². The molecule has 3 rings (SSSR count). The summed E-state index contributed by atoms with van der Waals surface area (Å²) in [4.78, 5) is 16.9. The molecule has 11 heteroatoms. The van der Waals surface area contributed by atoms with Crippen LogP contribution in [0.5, 0.6) is 11.5 Å². The molecule has 1 aliphatic rings. The fraction of sp³-hybridized carbons (Fsp3) is 0.474. The summed E-state index contributed by atoms with van der Waals surface area (Å²) in [7, 11) is -0.799. The van der Waals surface area contributed by atoms with Gasteiger partial charge in [-0.15, -0.1) is 0 Å². The molecule has 1 amide bonds. The van der Waals surface area contributed by atoms with Crippen LogP contribution in [0.15, 0.2) is 29.7 Å². The van der Waals surface area contributed by atoms with Crippen LogP contribution in [0.25, 0.3) is 0 Å². The van der Waals surface area contributed by atoms with Crippen molar-refractivity contribution in [3.63, 3.8) is 0 Å². The number of benzene rings is 1. The lowest BCUT2D eigenvalue weighted by Gasteiger charge is -2.30. The van der Waals surface area contributed by atoms with Crippen LogP contribution in [0.2, 0.25) is 5.02 Å². The predicted molar refractivity (Wildman–Crippen MR) is 113 cm³/mol. The number of methoxy groups -OCH3 is 2. The third-order valence-electron chi connectivity index (χ3n) is 5.07. The first-order valence-electron chi connectivity index (χ1n) is 9.54. The molecule has 1 fully saturated rings. The fourth-order valence-electron chi connectivity index (χ4n) is 3.34. The van der Waals surface area contributed by atoms with Crippen molar-refractivity contribution < 1.29 is 22.7 Å². The van der Waals surface area contributed by atoms with Gasteiger partial charge in [-0.25, -0.2) is 13.4 Å². The van der Waals surface area contributed by atoms with Gasteiger partial charge in [-0.05, 0) is 19.8 Å². The number of carbonyl (C=O) groups is 1. The molecule has 164 valence electrons. The number of piperidine rings is 1. The van der Waals surface area contributed by atoms with E-state index < -0.39 is 15.9 Å². The van der Waals surface area contributed by atoms with Gasteiger partial charge in [-0.1, -0.05) is 11.6 Å². The van der Waals surface area contributed by atoms with E-state index in [0.717, 1.165) is 0 Å². The minimum absolute atomic E-state index is 0.00900. The normalized spacial score (nSPS) is 17.5. The molecule has 1 saturated heterocycles. The molecule has 0 saturated carbocycles. The average Bonchev–Trinajstić information content (AvgIpc) is 3.25. The molecule has 0 unspecified atom stereocenters. The van der Waals surface area contributed by atoms with E-state index in [1.807, 2.05) is 6.92 Å².